The molecule has 0 saturated heterocycles. The second kappa shape index (κ2) is 11.5. The van der Waals surface area contributed by atoms with Crippen LogP contribution in [0.15, 0.2) is 48.5 Å². The maximum atomic E-state index is 13.2. The van der Waals surface area contributed by atoms with Gasteiger partial charge < -0.3 is 9.47 Å². The van der Waals surface area contributed by atoms with Crippen LogP contribution < -0.4 is 4.74 Å². The summed E-state index contributed by atoms with van der Waals surface area (Å²) >= 11 is 6.22. The van der Waals surface area contributed by atoms with Crippen LogP contribution in [0.25, 0.3) is 0 Å². The van der Waals surface area contributed by atoms with Crippen LogP contribution in [0, 0.1) is 0 Å². The topological polar surface area (TPSA) is 69.7 Å². The first-order valence-corrected chi connectivity index (χ1v) is 9.20. The predicted molar refractivity (Wildman–Crippen MR) is 108 cm³/mol. The van der Waals surface area contributed by atoms with E-state index in [1.165, 1.54) is 16.2 Å². The van der Waals surface area contributed by atoms with Gasteiger partial charge in [-0.3, -0.25) is 9.59 Å². The van der Waals surface area contributed by atoms with Crippen molar-refractivity contribution < 1.29 is 23.6 Å². The van der Waals surface area contributed by atoms with Gasteiger partial charge in [-0.15, -0.1) is 0 Å². The quantitative estimate of drug-likeness (QED) is 0.282. The van der Waals surface area contributed by atoms with Gasteiger partial charge in [0.25, 0.3) is 0 Å². The van der Waals surface area contributed by atoms with Crippen LogP contribution in [-0.4, -0.2) is 25.0 Å². The summed E-state index contributed by atoms with van der Waals surface area (Å²) < 4.78 is 18.9. The van der Waals surface area contributed by atoms with Crippen LogP contribution in [0.4, 0.5) is 0 Å². The predicted octanol–water partition coefficient (Wildman–Crippen LogP) is 4.86. The second-order valence-electron chi connectivity index (χ2n) is 5.68. The highest BCUT2D eigenvalue weighted by Gasteiger charge is 2.34. The number of carbonyl (C=O) groups excluding carboxylic acids is 2. The van der Waals surface area contributed by atoms with Crippen LogP contribution in [0.3, 0.4) is 0 Å². The lowest BCUT2D eigenvalue weighted by atomic mass is 9.90. The summed E-state index contributed by atoms with van der Waals surface area (Å²) in [5.74, 6) is -1.80. The van der Waals surface area contributed by atoms with Gasteiger partial charge in [-0.05, 0) is 31.0 Å². The van der Waals surface area contributed by atoms with Gasteiger partial charge in [0.2, 0.25) is 0 Å². The number of ketones is 1. The normalized spacial score (nSPS) is 12.1. The van der Waals surface area contributed by atoms with Crippen molar-refractivity contribution in [2.24, 2.45) is 0 Å². The summed E-state index contributed by atoms with van der Waals surface area (Å²) in [6.07, 6.45) is 0.385. The maximum absolute atomic E-state index is 13.2. The highest BCUT2D eigenvalue weighted by Crippen LogP contribution is 2.33. The van der Waals surface area contributed by atoms with E-state index in [0.717, 1.165) is 0 Å². The molecule has 0 bridgehead atoms. The second-order valence-corrected chi connectivity index (χ2v) is 6.09. The van der Waals surface area contributed by atoms with Gasteiger partial charge in [0.1, 0.15) is 11.7 Å². The van der Waals surface area contributed by atoms with E-state index in [1.54, 1.807) is 49.4 Å². The fourth-order valence-electron chi connectivity index (χ4n) is 2.45. The minimum absolute atomic E-state index is 0.182. The Morgan fingerprint density at radius 1 is 1.07 bits per heavy atom. The molecule has 0 fully saturated rings. The molecular weight excluding hydrogens is 387 g/mol. The van der Waals surface area contributed by atoms with Gasteiger partial charge in [-0.2, -0.15) is 0 Å². The first kappa shape index (κ1) is 22.8. The fraction of sp³-hybridized carbons (Fsp3) is 0.300. The molecule has 2 rings (SSSR count). The number of methoxy groups -OCH3 is 1. The molecule has 0 aliphatic carbocycles. The molecule has 3 atom stereocenters. The number of hydrogen-bond acceptors (Lipinski definition) is 5. The molecule has 0 aromatic heterocycles. The van der Waals surface area contributed by atoms with Crippen molar-refractivity contribution in [3.63, 3.8) is 0 Å². The largest absolute Gasteiger partial charge is 0.496 e. The lowest BCUT2D eigenvalue weighted by Gasteiger charge is -2.20. The minimum atomic E-state index is -1.09. The Hall–Kier alpha value is -2.23. The third-order valence-corrected chi connectivity index (χ3v) is 4.28. The number of ether oxygens (including phenoxy) is 2. The highest BCUT2D eigenvalue weighted by molar-refractivity contribution is 7.00. The van der Waals surface area contributed by atoms with Crippen molar-refractivity contribution in [3.8, 4) is 5.75 Å². The van der Waals surface area contributed by atoms with Crippen molar-refractivity contribution in [1.82, 2.24) is 0 Å². The average Bonchev–Trinajstić information content (AvgIpc) is 2.69. The Kier molecular flexibility index (Phi) is 9.70. The van der Waals surface area contributed by atoms with Crippen LogP contribution in [0.1, 0.15) is 42.1 Å². The van der Waals surface area contributed by atoms with Crippen LogP contribution in [0.5, 0.6) is 5.75 Å². The summed E-state index contributed by atoms with van der Waals surface area (Å²) in [5.41, 5.74) is 0.740. The Balaban J connectivity index is 0.00000176. The van der Waals surface area contributed by atoms with E-state index in [2.05, 4.69) is 0 Å². The molecule has 2 aromatic rings. The zero-order chi connectivity index (χ0) is 20.4. The molecule has 5 nitrogen and oxygen atoms in total. The van der Waals surface area contributed by atoms with E-state index in [0.29, 0.717) is 17.7 Å². The van der Waals surface area contributed by atoms with E-state index >= 15 is 0 Å². The minimum Gasteiger partial charge on any atom is -0.496 e. The summed E-state index contributed by atoms with van der Waals surface area (Å²) in [5, 5.41) is 0.238. The van der Waals surface area contributed by atoms with Crippen molar-refractivity contribution in [3.05, 3.63) is 64.7 Å². The summed E-state index contributed by atoms with van der Waals surface area (Å²) in [6, 6.07) is 13.7. The average molecular weight is 410 g/mol. The zero-order valence-corrected chi connectivity index (χ0v) is 17.4. The molecule has 0 aliphatic heterocycles. The van der Waals surface area contributed by atoms with Gasteiger partial charge >= 0.3 is 15.1 Å². The van der Waals surface area contributed by atoms with E-state index in [9.17, 15) is 9.59 Å². The smallest absolute Gasteiger partial charge is 0.321 e. The van der Waals surface area contributed by atoms with Crippen LogP contribution in [0.2, 0.25) is 5.02 Å². The van der Waals surface area contributed by atoms with Gasteiger partial charge in [0.05, 0.1) is 23.8 Å². The highest BCUT2D eigenvalue weighted by atomic mass is 35.5. The molecule has 0 amide bonds. The molecule has 7 heteroatoms. The lowest BCUT2D eigenvalue weighted by Crippen LogP contribution is -2.27. The fourth-order valence-corrected chi connectivity index (χ4v) is 2.71. The van der Waals surface area contributed by atoms with E-state index in [4.69, 9.17) is 25.6 Å². The van der Waals surface area contributed by atoms with E-state index in [1.807, 2.05) is 13.0 Å². The lowest BCUT2D eigenvalue weighted by molar-refractivity contribution is -0.148. The van der Waals surface area contributed by atoms with Crippen molar-refractivity contribution in [2.45, 2.75) is 32.3 Å². The zero-order valence-electron chi connectivity index (χ0n) is 15.5. The molecule has 0 saturated carbocycles. The Morgan fingerprint density at radius 3 is 2.26 bits per heavy atom. The molecule has 0 heterocycles. The Morgan fingerprint density at radius 2 is 1.70 bits per heavy atom. The monoisotopic (exact) mass is 409 g/mol. The first-order chi connectivity index (χ1) is 13.0. The summed E-state index contributed by atoms with van der Waals surface area (Å²) in [4.78, 5) is 25.9. The number of Topliss-reactive ketones (excluding diaryl/α,β-unsaturated/α-hetero) is 1. The van der Waals surface area contributed by atoms with Gasteiger partial charge in [-0.1, -0.05) is 59.5 Å². The Labute approximate surface area is 166 Å². The molecule has 144 valence electrons. The molecule has 0 radical (unpaired) electrons. The molecule has 3 unspecified atom stereocenters. The third-order valence-electron chi connectivity index (χ3n) is 3.96. The van der Waals surface area contributed by atoms with Crippen molar-refractivity contribution in [1.29, 1.82) is 0 Å². The number of benzene rings is 2. The number of rotatable bonds is 7. The van der Waals surface area contributed by atoms with Crippen LogP contribution >= 0.6 is 20.7 Å². The molecular formula is C20H23ClO5P+. The van der Waals surface area contributed by atoms with E-state index < -0.39 is 17.7 Å². The van der Waals surface area contributed by atoms with Gasteiger partial charge in [0.15, 0.2) is 5.78 Å². The molecule has 0 N–H and O–H groups in total. The third kappa shape index (κ3) is 5.88. The molecule has 0 spiro atoms. The number of carbonyl (C=O) groups is 2. The summed E-state index contributed by atoms with van der Waals surface area (Å²) in [6.45, 7) is 3.70. The maximum Gasteiger partial charge on any atom is 0.321 e. The number of halogens is 1. The molecule has 0 aliphatic rings. The van der Waals surface area contributed by atoms with Gasteiger partial charge in [-0.25, -0.2) is 0 Å². The van der Waals surface area contributed by atoms with Gasteiger partial charge in [0, 0.05) is 0 Å². The molecule has 27 heavy (non-hydrogen) atoms. The van der Waals surface area contributed by atoms with Crippen LogP contribution in [-0.2, 0) is 14.1 Å². The standard InChI is InChI=1S/C20H21ClO4.H2OP/c1-4-13(2)25-20(23)17(14-9-6-5-7-10-14)19(22)18-15(21)11-8-12-16(18)24-3;1-2/h5-13,17H,4H2,1-3H3;2H2/q;+1. The number of esters is 1. The summed E-state index contributed by atoms with van der Waals surface area (Å²) in [7, 11) is 2.62. The van der Waals surface area contributed by atoms with Crippen molar-refractivity contribution >= 4 is 32.5 Å². The molecule has 2 aromatic carbocycles. The number of hydrogen-bond donors (Lipinski definition) is 0. The first-order valence-electron chi connectivity index (χ1n) is 8.35. The van der Waals surface area contributed by atoms with E-state index in [-0.39, 0.29) is 16.7 Å². The van der Waals surface area contributed by atoms with Crippen molar-refractivity contribution in [2.75, 3.05) is 7.11 Å². The Bertz CT molecular complexity index is 766. The SMILES string of the molecule is CCC(C)OC(=O)C(C(=O)c1c(Cl)cccc1OC)c1ccccc1.O=[PH2+].